The van der Waals surface area contributed by atoms with Gasteiger partial charge in [0, 0.05) is 63.0 Å². The van der Waals surface area contributed by atoms with E-state index in [0.717, 1.165) is 16.7 Å². The fourth-order valence-corrected chi connectivity index (χ4v) is 3.60. The molecule has 0 aliphatic carbocycles. The summed E-state index contributed by atoms with van der Waals surface area (Å²) in [4.78, 5) is 34.2. The van der Waals surface area contributed by atoms with Gasteiger partial charge in [0.05, 0.1) is 25.5 Å². The van der Waals surface area contributed by atoms with Gasteiger partial charge in [0.15, 0.2) is 0 Å². The first-order chi connectivity index (χ1) is 15.6. The summed E-state index contributed by atoms with van der Waals surface area (Å²) in [7, 11) is 5.42. The Labute approximate surface area is 187 Å². The second kappa shape index (κ2) is 9.80. The topological polar surface area (TPSA) is 93.6 Å². The third kappa shape index (κ3) is 4.74. The maximum Gasteiger partial charge on any atom is 0.254 e. The van der Waals surface area contributed by atoms with E-state index in [1.165, 1.54) is 6.33 Å². The molecule has 3 aromatic rings. The summed E-state index contributed by atoms with van der Waals surface area (Å²) in [5.41, 5.74) is 3.97. The Morgan fingerprint density at radius 2 is 1.94 bits per heavy atom. The number of hydrogen-bond donors (Lipinski definition) is 0. The summed E-state index contributed by atoms with van der Waals surface area (Å²) >= 11 is 0. The predicted molar refractivity (Wildman–Crippen MR) is 119 cm³/mol. The van der Waals surface area contributed by atoms with Crippen molar-refractivity contribution >= 4 is 11.9 Å². The fourth-order valence-electron chi connectivity index (χ4n) is 3.60. The quantitative estimate of drug-likeness (QED) is 0.584. The number of amides is 1. The molecule has 1 aliphatic heterocycles. The summed E-state index contributed by atoms with van der Waals surface area (Å²) in [5.74, 6) is 0.537. The summed E-state index contributed by atoms with van der Waals surface area (Å²) in [6, 6.07) is 7.50. The minimum Gasteiger partial charge on any atom is -0.380 e. The van der Waals surface area contributed by atoms with Crippen molar-refractivity contribution in [2.75, 3.05) is 45.8 Å². The number of carbonyl (C=O) groups is 1. The van der Waals surface area contributed by atoms with E-state index in [1.54, 1.807) is 25.7 Å². The van der Waals surface area contributed by atoms with E-state index in [2.05, 4.69) is 15.0 Å². The average molecular weight is 435 g/mol. The Morgan fingerprint density at radius 1 is 1.19 bits per heavy atom. The van der Waals surface area contributed by atoms with Gasteiger partial charge < -0.3 is 19.3 Å². The molecule has 0 saturated carbocycles. The summed E-state index contributed by atoms with van der Waals surface area (Å²) < 4.78 is 11.2. The first kappa shape index (κ1) is 21.8. The molecule has 32 heavy (non-hydrogen) atoms. The zero-order chi connectivity index (χ0) is 22.5. The minimum absolute atomic E-state index is 0.0336. The highest BCUT2D eigenvalue weighted by Crippen LogP contribution is 2.31. The SMILES string of the molecule is COCc1ccc(C(=O)N2CCO[C@@H](c3nc(N(C)C)ncc3-c3cncnc3)C2)cc1. The van der Waals surface area contributed by atoms with Gasteiger partial charge in [-0.15, -0.1) is 0 Å². The highest BCUT2D eigenvalue weighted by atomic mass is 16.5. The van der Waals surface area contributed by atoms with Crippen LogP contribution in [0.15, 0.2) is 49.2 Å². The van der Waals surface area contributed by atoms with Crippen molar-refractivity contribution in [2.24, 2.45) is 0 Å². The van der Waals surface area contributed by atoms with Crippen LogP contribution in [0.5, 0.6) is 0 Å². The van der Waals surface area contributed by atoms with E-state index in [4.69, 9.17) is 14.5 Å². The molecule has 3 heterocycles. The second-order valence-corrected chi connectivity index (χ2v) is 7.73. The smallest absolute Gasteiger partial charge is 0.254 e. The van der Waals surface area contributed by atoms with Gasteiger partial charge in [0.25, 0.3) is 5.91 Å². The van der Waals surface area contributed by atoms with Crippen LogP contribution in [0.25, 0.3) is 11.1 Å². The van der Waals surface area contributed by atoms with Gasteiger partial charge >= 0.3 is 0 Å². The predicted octanol–water partition coefficient (Wildman–Crippen LogP) is 2.36. The molecule has 1 saturated heterocycles. The monoisotopic (exact) mass is 434 g/mol. The molecule has 0 bridgehead atoms. The fraction of sp³-hybridized carbons (Fsp3) is 0.348. The van der Waals surface area contributed by atoms with E-state index in [0.29, 0.717) is 43.5 Å². The second-order valence-electron chi connectivity index (χ2n) is 7.73. The lowest BCUT2D eigenvalue weighted by atomic mass is 10.0. The third-order valence-corrected chi connectivity index (χ3v) is 5.25. The van der Waals surface area contributed by atoms with Crippen LogP contribution in [0, 0.1) is 0 Å². The molecular formula is C23H26N6O3. The van der Waals surface area contributed by atoms with Gasteiger partial charge in [0.1, 0.15) is 12.4 Å². The Morgan fingerprint density at radius 3 is 2.62 bits per heavy atom. The molecule has 166 valence electrons. The molecule has 1 aromatic carbocycles. The van der Waals surface area contributed by atoms with Gasteiger partial charge in [-0.25, -0.2) is 19.9 Å². The molecule has 0 N–H and O–H groups in total. The van der Waals surface area contributed by atoms with E-state index >= 15 is 0 Å². The number of carbonyl (C=O) groups excluding carboxylic acids is 1. The summed E-state index contributed by atoms with van der Waals surface area (Å²) in [6.07, 6.45) is 6.29. The third-order valence-electron chi connectivity index (χ3n) is 5.25. The van der Waals surface area contributed by atoms with Gasteiger partial charge in [-0.3, -0.25) is 4.79 Å². The first-order valence-electron chi connectivity index (χ1n) is 10.3. The standard InChI is InChI=1S/C23H26N6O3/c1-28(2)23-26-12-19(18-10-24-15-25-11-18)21(27-23)20-13-29(8-9-32-20)22(30)17-6-4-16(5-7-17)14-31-3/h4-7,10-12,15,20H,8-9,13-14H2,1-3H3/t20-/m1/s1. The molecule has 4 rings (SSSR count). The normalized spacial score (nSPS) is 16.1. The average Bonchev–Trinajstić information content (AvgIpc) is 2.84. The van der Waals surface area contributed by atoms with Crippen LogP contribution in [0.2, 0.25) is 0 Å². The van der Waals surface area contributed by atoms with Crippen LogP contribution < -0.4 is 4.90 Å². The Hall–Kier alpha value is -3.43. The summed E-state index contributed by atoms with van der Waals surface area (Å²) in [5, 5.41) is 0. The van der Waals surface area contributed by atoms with E-state index in [-0.39, 0.29) is 5.91 Å². The van der Waals surface area contributed by atoms with Crippen LogP contribution >= 0.6 is 0 Å². The molecular weight excluding hydrogens is 408 g/mol. The lowest BCUT2D eigenvalue weighted by Crippen LogP contribution is -2.42. The van der Waals surface area contributed by atoms with Crippen LogP contribution in [-0.2, 0) is 16.1 Å². The van der Waals surface area contributed by atoms with E-state index in [1.807, 2.05) is 48.2 Å². The van der Waals surface area contributed by atoms with Crippen molar-refractivity contribution in [3.63, 3.8) is 0 Å². The molecule has 0 spiro atoms. The minimum atomic E-state index is -0.391. The molecule has 1 aliphatic rings. The van der Waals surface area contributed by atoms with Crippen LogP contribution in [0.1, 0.15) is 27.7 Å². The number of ether oxygens (including phenoxy) is 2. The van der Waals surface area contributed by atoms with Gasteiger partial charge in [-0.2, -0.15) is 0 Å². The Balaban J connectivity index is 1.61. The molecule has 1 amide bonds. The largest absolute Gasteiger partial charge is 0.380 e. The first-order valence-corrected chi connectivity index (χ1v) is 10.3. The van der Waals surface area contributed by atoms with Crippen molar-refractivity contribution in [1.29, 1.82) is 0 Å². The molecule has 0 unspecified atom stereocenters. The Kier molecular flexibility index (Phi) is 6.67. The number of rotatable bonds is 6. The molecule has 9 nitrogen and oxygen atoms in total. The van der Waals surface area contributed by atoms with Crippen molar-refractivity contribution in [1.82, 2.24) is 24.8 Å². The van der Waals surface area contributed by atoms with Crippen LogP contribution in [0.3, 0.4) is 0 Å². The van der Waals surface area contributed by atoms with E-state index in [9.17, 15) is 4.79 Å². The number of morpholine rings is 1. The van der Waals surface area contributed by atoms with Crippen LogP contribution in [0.4, 0.5) is 5.95 Å². The molecule has 1 atom stereocenters. The van der Waals surface area contributed by atoms with Crippen molar-refractivity contribution in [3.05, 3.63) is 66.0 Å². The number of aromatic nitrogens is 4. The molecule has 0 radical (unpaired) electrons. The zero-order valence-corrected chi connectivity index (χ0v) is 18.4. The lowest BCUT2D eigenvalue weighted by Gasteiger charge is -2.33. The maximum atomic E-state index is 13.2. The summed E-state index contributed by atoms with van der Waals surface area (Å²) in [6.45, 7) is 1.85. The van der Waals surface area contributed by atoms with Crippen molar-refractivity contribution in [2.45, 2.75) is 12.7 Å². The highest BCUT2D eigenvalue weighted by molar-refractivity contribution is 5.94. The maximum absolute atomic E-state index is 13.2. The van der Waals surface area contributed by atoms with Gasteiger partial charge in [-0.05, 0) is 17.7 Å². The van der Waals surface area contributed by atoms with Gasteiger partial charge in [-0.1, -0.05) is 12.1 Å². The van der Waals surface area contributed by atoms with Gasteiger partial charge in [0.2, 0.25) is 5.95 Å². The number of methoxy groups -OCH3 is 1. The zero-order valence-electron chi connectivity index (χ0n) is 18.4. The molecule has 9 heteroatoms. The number of benzene rings is 1. The number of nitrogens with zero attached hydrogens (tertiary/aromatic N) is 6. The molecule has 2 aromatic heterocycles. The van der Waals surface area contributed by atoms with Crippen LogP contribution in [-0.4, -0.2) is 71.6 Å². The Bertz CT molecular complexity index is 1060. The lowest BCUT2D eigenvalue weighted by molar-refractivity contribution is -0.0244. The van der Waals surface area contributed by atoms with Crippen molar-refractivity contribution < 1.29 is 14.3 Å². The number of anilines is 1. The van der Waals surface area contributed by atoms with E-state index < -0.39 is 6.10 Å². The molecule has 1 fully saturated rings. The number of hydrogen-bond acceptors (Lipinski definition) is 8. The highest BCUT2D eigenvalue weighted by Gasteiger charge is 2.29. The van der Waals surface area contributed by atoms with Crippen molar-refractivity contribution in [3.8, 4) is 11.1 Å².